The van der Waals surface area contributed by atoms with E-state index in [1.165, 1.54) is 11.3 Å². The molecule has 2 aromatic heterocycles. The zero-order valence-corrected chi connectivity index (χ0v) is 16.7. The first-order valence-electron chi connectivity index (χ1n) is 9.37. The van der Waals surface area contributed by atoms with Crippen LogP contribution < -0.4 is 10.1 Å². The van der Waals surface area contributed by atoms with Gasteiger partial charge in [-0.2, -0.15) is 0 Å². The van der Waals surface area contributed by atoms with Crippen LogP contribution in [0.1, 0.15) is 38.3 Å². The van der Waals surface area contributed by atoms with Gasteiger partial charge in [-0.3, -0.25) is 19.9 Å². The maximum Gasteiger partial charge on any atom is 0.276 e. The molecule has 0 saturated heterocycles. The first-order valence-corrected chi connectivity index (χ1v) is 10.2. The normalized spacial score (nSPS) is 12.9. The van der Waals surface area contributed by atoms with Crippen LogP contribution in [-0.4, -0.2) is 39.8 Å². The van der Waals surface area contributed by atoms with Crippen LogP contribution in [0.5, 0.6) is 5.75 Å². The van der Waals surface area contributed by atoms with Crippen molar-refractivity contribution >= 4 is 28.3 Å². The third-order valence-corrected chi connectivity index (χ3v) is 5.55. The summed E-state index contributed by atoms with van der Waals surface area (Å²) in [7, 11) is 0. The molecule has 0 radical (unpaired) electrons. The lowest BCUT2D eigenvalue weighted by Gasteiger charge is -2.26. The summed E-state index contributed by atoms with van der Waals surface area (Å²) in [6.07, 6.45) is 2.22. The quantitative estimate of drug-likeness (QED) is 0.700. The summed E-state index contributed by atoms with van der Waals surface area (Å²) in [5.41, 5.74) is 1.82. The Bertz CT molecular complexity index is 1040. The number of para-hydroxylation sites is 1. The number of thiazole rings is 1. The van der Waals surface area contributed by atoms with E-state index in [0.29, 0.717) is 48.3 Å². The summed E-state index contributed by atoms with van der Waals surface area (Å²) in [5, 5.41) is 3.32. The number of carbonyl (C=O) groups excluding carboxylic acids is 2. The smallest absolute Gasteiger partial charge is 0.276 e. The predicted octanol–water partition coefficient (Wildman–Crippen LogP) is 3.39. The highest BCUT2D eigenvalue weighted by Gasteiger charge is 2.27. The molecule has 0 spiro atoms. The summed E-state index contributed by atoms with van der Waals surface area (Å²) in [6.45, 7) is 3.44. The van der Waals surface area contributed by atoms with E-state index in [0.717, 1.165) is 10.6 Å². The molecule has 3 aromatic rings. The van der Waals surface area contributed by atoms with Gasteiger partial charge in [0, 0.05) is 24.0 Å². The van der Waals surface area contributed by atoms with Gasteiger partial charge < -0.3 is 9.64 Å². The Morgan fingerprint density at radius 1 is 1.21 bits per heavy atom. The Morgan fingerprint density at radius 2 is 2.03 bits per heavy atom. The number of fused-ring (bicyclic) bond motifs is 1. The van der Waals surface area contributed by atoms with Crippen molar-refractivity contribution in [3.05, 3.63) is 70.5 Å². The lowest BCUT2D eigenvalue weighted by atomic mass is 10.1. The van der Waals surface area contributed by atoms with Crippen molar-refractivity contribution in [1.29, 1.82) is 0 Å². The monoisotopic (exact) mass is 408 g/mol. The second-order valence-corrected chi connectivity index (χ2v) is 7.55. The van der Waals surface area contributed by atoms with Crippen molar-refractivity contribution in [2.45, 2.75) is 19.9 Å². The van der Waals surface area contributed by atoms with Gasteiger partial charge in [-0.25, -0.2) is 4.98 Å². The second kappa shape index (κ2) is 8.40. The molecule has 0 aliphatic carbocycles. The molecule has 0 atom stereocenters. The Kier molecular flexibility index (Phi) is 5.53. The first kappa shape index (κ1) is 19.1. The van der Waals surface area contributed by atoms with Gasteiger partial charge in [0.2, 0.25) is 0 Å². The Hall–Kier alpha value is -3.26. The van der Waals surface area contributed by atoms with E-state index in [1.807, 2.05) is 25.1 Å². The molecule has 29 heavy (non-hydrogen) atoms. The number of rotatable bonds is 5. The topological polar surface area (TPSA) is 84.4 Å². The lowest BCUT2D eigenvalue weighted by Crippen LogP contribution is -2.35. The van der Waals surface area contributed by atoms with Crippen LogP contribution >= 0.6 is 11.3 Å². The third kappa shape index (κ3) is 4.12. The molecule has 0 unspecified atom stereocenters. The number of pyridine rings is 1. The fourth-order valence-corrected chi connectivity index (χ4v) is 4.19. The van der Waals surface area contributed by atoms with Crippen molar-refractivity contribution in [2.24, 2.45) is 0 Å². The maximum atomic E-state index is 13.0. The average Bonchev–Trinajstić information content (AvgIpc) is 3.16. The van der Waals surface area contributed by atoms with Gasteiger partial charge in [0.05, 0.1) is 24.4 Å². The van der Waals surface area contributed by atoms with Gasteiger partial charge in [0.15, 0.2) is 5.13 Å². The van der Waals surface area contributed by atoms with Gasteiger partial charge in [0.1, 0.15) is 11.4 Å². The number of nitrogens with one attached hydrogen (secondary N) is 1. The molecule has 148 valence electrons. The standard InChI is InChI=1S/C21H20N4O3S/c1-2-28-17-9-4-3-7-14(17)20(27)25-12-10-15-18(13-25)29-21(23-15)24-19(26)16-8-5-6-11-22-16/h3-9,11H,2,10,12-13H2,1H3,(H,23,24,26). The number of amides is 2. The van der Waals surface area contributed by atoms with Gasteiger partial charge in [0.25, 0.3) is 11.8 Å². The molecule has 1 aliphatic heterocycles. The molecule has 1 aromatic carbocycles. The summed E-state index contributed by atoms with van der Waals surface area (Å²) >= 11 is 1.39. The fraction of sp³-hybridized carbons (Fsp3) is 0.238. The van der Waals surface area contributed by atoms with Crippen LogP contribution in [0.25, 0.3) is 0 Å². The Labute approximate surface area is 172 Å². The minimum Gasteiger partial charge on any atom is -0.493 e. The Morgan fingerprint density at radius 3 is 2.83 bits per heavy atom. The molecular weight excluding hydrogens is 388 g/mol. The highest BCUT2D eigenvalue weighted by molar-refractivity contribution is 7.15. The number of aromatic nitrogens is 2. The molecule has 4 rings (SSSR count). The van der Waals surface area contributed by atoms with Crippen LogP contribution in [0, 0.1) is 0 Å². The minimum absolute atomic E-state index is 0.0628. The molecule has 0 bridgehead atoms. The van der Waals surface area contributed by atoms with E-state index < -0.39 is 0 Å². The van der Waals surface area contributed by atoms with E-state index in [4.69, 9.17) is 4.74 Å². The number of benzene rings is 1. The summed E-state index contributed by atoms with van der Waals surface area (Å²) in [6, 6.07) is 12.5. The van der Waals surface area contributed by atoms with Gasteiger partial charge in [-0.15, -0.1) is 0 Å². The summed E-state index contributed by atoms with van der Waals surface area (Å²) < 4.78 is 5.60. The summed E-state index contributed by atoms with van der Waals surface area (Å²) in [4.78, 5) is 36.7. The van der Waals surface area contributed by atoms with Crippen LogP contribution in [0.15, 0.2) is 48.7 Å². The predicted molar refractivity (Wildman–Crippen MR) is 110 cm³/mol. The molecule has 3 heterocycles. The van der Waals surface area contributed by atoms with E-state index in [1.54, 1.807) is 35.4 Å². The molecule has 7 nitrogen and oxygen atoms in total. The second-order valence-electron chi connectivity index (χ2n) is 6.46. The zero-order valence-electron chi connectivity index (χ0n) is 15.9. The molecule has 1 aliphatic rings. The molecular formula is C21H20N4O3S. The number of ether oxygens (including phenoxy) is 1. The van der Waals surface area contributed by atoms with Crippen molar-refractivity contribution in [3.8, 4) is 5.75 Å². The van der Waals surface area contributed by atoms with Crippen molar-refractivity contribution < 1.29 is 14.3 Å². The number of anilines is 1. The number of hydrogen-bond donors (Lipinski definition) is 1. The van der Waals surface area contributed by atoms with Crippen molar-refractivity contribution in [1.82, 2.24) is 14.9 Å². The molecule has 0 fully saturated rings. The lowest BCUT2D eigenvalue weighted by molar-refractivity contribution is 0.0732. The SMILES string of the molecule is CCOc1ccccc1C(=O)N1CCc2nc(NC(=O)c3ccccn3)sc2C1. The van der Waals surface area contributed by atoms with Crippen LogP contribution in [0.2, 0.25) is 0 Å². The largest absolute Gasteiger partial charge is 0.493 e. The van der Waals surface area contributed by atoms with Crippen LogP contribution in [0.3, 0.4) is 0 Å². The van der Waals surface area contributed by atoms with Gasteiger partial charge in [-0.1, -0.05) is 29.5 Å². The highest BCUT2D eigenvalue weighted by atomic mass is 32.1. The maximum absolute atomic E-state index is 13.0. The molecule has 2 amide bonds. The number of nitrogens with zero attached hydrogens (tertiary/aromatic N) is 3. The van der Waals surface area contributed by atoms with Gasteiger partial charge >= 0.3 is 0 Å². The van der Waals surface area contributed by atoms with E-state index in [-0.39, 0.29) is 11.8 Å². The Balaban J connectivity index is 1.48. The van der Waals surface area contributed by atoms with Crippen LogP contribution in [0.4, 0.5) is 5.13 Å². The molecule has 1 N–H and O–H groups in total. The zero-order chi connectivity index (χ0) is 20.2. The highest BCUT2D eigenvalue weighted by Crippen LogP contribution is 2.30. The van der Waals surface area contributed by atoms with E-state index in [9.17, 15) is 9.59 Å². The van der Waals surface area contributed by atoms with Crippen LogP contribution in [-0.2, 0) is 13.0 Å². The third-order valence-electron chi connectivity index (χ3n) is 4.55. The van der Waals surface area contributed by atoms with E-state index >= 15 is 0 Å². The van der Waals surface area contributed by atoms with Crippen molar-refractivity contribution in [3.63, 3.8) is 0 Å². The molecule has 0 saturated carbocycles. The summed E-state index contributed by atoms with van der Waals surface area (Å²) in [5.74, 6) is 0.237. The number of hydrogen-bond acceptors (Lipinski definition) is 6. The number of carbonyl (C=O) groups is 2. The first-order chi connectivity index (χ1) is 14.2. The fourth-order valence-electron chi connectivity index (χ4n) is 3.18. The average molecular weight is 408 g/mol. The van der Waals surface area contributed by atoms with E-state index in [2.05, 4.69) is 15.3 Å². The minimum atomic E-state index is -0.296. The van der Waals surface area contributed by atoms with Crippen molar-refractivity contribution in [2.75, 3.05) is 18.5 Å². The molecule has 8 heteroatoms. The van der Waals surface area contributed by atoms with Gasteiger partial charge in [-0.05, 0) is 31.2 Å².